The monoisotopic (exact) mass is 329 g/mol. The molecular formula is C18H16FNO4. The van der Waals surface area contributed by atoms with Crippen LogP contribution in [0.5, 0.6) is 5.75 Å². The van der Waals surface area contributed by atoms with Crippen LogP contribution in [-0.2, 0) is 9.53 Å². The van der Waals surface area contributed by atoms with E-state index in [9.17, 15) is 14.0 Å². The lowest BCUT2D eigenvalue weighted by Crippen LogP contribution is -2.13. The maximum atomic E-state index is 13.1. The van der Waals surface area contributed by atoms with Crippen LogP contribution in [0.4, 0.5) is 10.1 Å². The molecule has 1 amide bonds. The van der Waals surface area contributed by atoms with Gasteiger partial charge in [0, 0.05) is 6.08 Å². The molecule has 24 heavy (non-hydrogen) atoms. The van der Waals surface area contributed by atoms with Gasteiger partial charge < -0.3 is 14.8 Å². The molecule has 2 aromatic rings. The number of anilines is 1. The number of rotatable bonds is 5. The average molecular weight is 329 g/mol. The summed E-state index contributed by atoms with van der Waals surface area (Å²) >= 11 is 0. The van der Waals surface area contributed by atoms with Crippen LogP contribution in [0.1, 0.15) is 15.9 Å². The summed E-state index contributed by atoms with van der Waals surface area (Å²) in [5.41, 5.74) is 1.01. The Morgan fingerprint density at radius 1 is 1.12 bits per heavy atom. The van der Waals surface area contributed by atoms with Gasteiger partial charge in [-0.1, -0.05) is 12.1 Å². The first kappa shape index (κ1) is 17.2. The third kappa shape index (κ3) is 4.42. The number of carbonyl (C=O) groups is 2. The summed E-state index contributed by atoms with van der Waals surface area (Å²) in [6, 6.07) is 10.5. The molecule has 0 aliphatic heterocycles. The summed E-state index contributed by atoms with van der Waals surface area (Å²) in [5, 5.41) is 2.59. The van der Waals surface area contributed by atoms with Gasteiger partial charge in [0.15, 0.2) is 0 Å². The van der Waals surface area contributed by atoms with E-state index >= 15 is 0 Å². The van der Waals surface area contributed by atoms with Crippen LogP contribution in [0.25, 0.3) is 6.08 Å². The first-order valence-corrected chi connectivity index (χ1v) is 7.04. The summed E-state index contributed by atoms with van der Waals surface area (Å²) in [6.07, 6.45) is 2.72. The lowest BCUT2D eigenvalue weighted by molar-refractivity contribution is -0.111. The fourth-order valence-electron chi connectivity index (χ4n) is 1.99. The maximum absolute atomic E-state index is 13.1. The fraction of sp³-hybridized carbons (Fsp3) is 0.111. The average Bonchev–Trinajstić information content (AvgIpc) is 2.59. The molecule has 0 aromatic heterocycles. The van der Waals surface area contributed by atoms with Crippen molar-refractivity contribution >= 4 is 23.6 Å². The predicted octanol–water partition coefficient (Wildman–Crippen LogP) is 3.27. The van der Waals surface area contributed by atoms with Gasteiger partial charge in [-0.15, -0.1) is 0 Å². The number of halogens is 1. The number of nitrogens with one attached hydrogen (secondary N) is 1. The van der Waals surface area contributed by atoms with Crippen molar-refractivity contribution in [2.45, 2.75) is 0 Å². The summed E-state index contributed by atoms with van der Waals surface area (Å²) in [6.45, 7) is 0. The lowest BCUT2D eigenvalue weighted by Gasteiger charge is -2.10. The lowest BCUT2D eigenvalue weighted by atomic mass is 10.1. The molecule has 0 saturated heterocycles. The Kier molecular flexibility index (Phi) is 5.68. The van der Waals surface area contributed by atoms with Gasteiger partial charge in [-0.2, -0.15) is 0 Å². The molecule has 0 aliphatic rings. The molecule has 0 heterocycles. The van der Waals surface area contributed by atoms with E-state index in [1.807, 2.05) is 0 Å². The van der Waals surface area contributed by atoms with Crippen LogP contribution in [0.15, 0.2) is 48.5 Å². The highest BCUT2D eigenvalue weighted by Gasteiger charge is 2.14. The first-order chi connectivity index (χ1) is 11.5. The van der Waals surface area contributed by atoms with E-state index in [2.05, 4.69) is 5.32 Å². The topological polar surface area (TPSA) is 64.6 Å². The second-order valence-corrected chi connectivity index (χ2v) is 4.78. The standard InChI is InChI=1S/C18H16FNO4/c1-23-14-7-8-16(15(11-14)18(22)24-2)20-17(21)9-6-12-4-3-5-13(19)10-12/h3-11H,1-2H3,(H,20,21)/b9-6+. The van der Waals surface area contributed by atoms with E-state index in [4.69, 9.17) is 9.47 Å². The van der Waals surface area contributed by atoms with Crippen molar-refractivity contribution in [3.8, 4) is 5.75 Å². The van der Waals surface area contributed by atoms with Crippen LogP contribution in [0.3, 0.4) is 0 Å². The van der Waals surface area contributed by atoms with Gasteiger partial charge in [0.2, 0.25) is 5.91 Å². The van der Waals surface area contributed by atoms with E-state index in [1.54, 1.807) is 24.3 Å². The summed E-state index contributed by atoms with van der Waals surface area (Å²) in [4.78, 5) is 23.8. The first-order valence-electron chi connectivity index (χ1n) is 7.04. The molecule has 2 aromatic carbocycles. The minimum Gasteiger partial charge on any atom is -0.497 e. The fourth-order valence-corrected chi connectivity index (χ4v) is 1.99. The predicted molar refractivity (Wildman–Crippen MR) is 88.4 cm³/mol. The Morgan fingerprint density at radius 3 is 2.58 bits per heavy atom. The molecular weight excluding hydrogens is 313 g/mol. The van der Waals surface area contributed by atoms with E-state index < -0.39 is 11.9 Å². The van der Waals surface area contributed by atoms with Crippen molar-refractivity contribution < 1.29 is 23.5 Å². The van der Waals surface area contributed by atoms with Crippen LogP contribution < -0.4 is 10.1 Å². The summed E-state index contributed by atoms with van der Waals surface area (Å²) in [7, 11) is 2.72. The molecule has 0 atom stereocenters. The SMILES string of the molecule is COC(=O)c1cc(OC)ccc1NC(=O)/C=C/c1cccc(F)c1. The zero-order valence-electron chi connectivity index (χ0n) is 13.2. The Hall–Kier alpha value is -3.15. The second kappa shape index (κ2) is 7.92. The molecule has 1 N–H and O–H groups in total. The highest BCUT2D eigenvalue weighted by atomic mass is 19.1. The molecule has 0 radical (unpaired) electrons. The minimum absolute atomic E-state index is 0.171. The van der Waals surface area contributed by atoms with Crippen molar-refractivity contribution in [3.05, 3.63) is 65.5 Å². The highest BCUT2D eigenvalue weighted by molar-refractivity contribution is 6.06. The number of esters is 1. The van der Waals surface area contributed by atoms with Gasteiger partial charge in [-0.05, 0) is 42.0 Å². The van der Waals surface area contributed by atoms with Crippen molar-refractivity contribution in [3.63, 3.8) is 0 Å². The van der Waals surface area contributed by atoms with Gasteiger partial charge in [0.1, 0.15) is 11.6 Å². The van der Waals surface area contributed by atoms with Gasteiger partial charge in [0.05, 0.1) is 25.5 Å². The van der Waals surface area contributed by atoms with Gasteiger partial charge >= 0.3 is 5.97 Å². The Labute approximate surface area is 138 Å². The quantitative estimate of drug-likeness (QED) is 0.675. The number of benzene rings is 2. The van der Waals surface area contributed by atoms with E-state index in [0.717, 1.165) is 0 Å². The molecule has 2 rings (SSSR count). The third-order valence-corrected chi connectivity index (χ3v) is 3.17. The normalized spacial score (nSPS) is 10.5. The zero-order chi connectivity index (χ0) is 17.5. The second-order valence-electron chi connectivity index (χ2n) is 4.78. The van der Waals surface area contributed by atoms with Crippen molar-refractivity contribution in [1.82, 2.24) is 0 Å². The zero-order valence-corrected chi connectivity index (χ0v) is 13.2. The largest absolute Gasteiger partial charge is 0.497 e. The number of methoxy groups -OCH3 is 2. The Bertz CT molecular complexity index is 786. The van der Waals surface area contributed by atoms with Crippen molar-refractivity contribution in [2.24, 2.45) is 0 Å². The molecule has 0 spiro atoms. The van der Waals surface area contributed by atoms with Gasteiger partial charge in [-0.3, -0.25) is 4.79 Å². The number of carbonyl (C=O) groups excluding carboxylic acids is 2. The molecule has 6 heteroatoms. The molecule has 0 bridgehead atoms. The smallest absolute Gasteiger partial charge is 0.340 e. The molecule has 5 nitrogen and oxygen atoms in total. The summed E-state index contributed by atoms with van der Waals surface area (Å²) < 4.78 is 22.8. The number of ether oxygens (including phenoxy) is 2. The molecule has 124 valence electrons. The Balaban J connectivity index is 2.17. The highest BCUT2D eigenvalue weighted by Crippen LogP contribution is 2.23. The third-order valence-electron chi connectivity index (χ3n) is 3.17. The molecule has 0 aliphatic carbocycles. The molecule has 0 fully saturated rings. The van der Waals surface area contributed by atoms with Crippen LogP contribution in [0, 0.1) is 5.82 Å². The Morgan fingerprint density at radius 2 is 1.92 bits per heavy atom. The minimum atomic E-state index is -0.599. The number of hydrogen-bond donors (Lipinski definition) is 1. The van der Waals surface area contributed by atoms with Crippen molar-refractivity contribution in [2.75, 3.05) is 19.5 Å². The van der Waals surface area contributed by atoms with E-state index in [0.29, 0.717) is 11.3 Å². The number of amides is 1. The molecule has 0 unspecified atom stereocenters. The number of hydrogen-bond acceptors (Lipinski definition) is 4. The van der Waals surface area contributed by atoms with E-state index in [1.165, 1.54) is 44.6 Å². The van der Waals surface area contributed by atoms with E-state index in [-0.39, 0.29) is 17.1 Å². The van der Waals surface area contributed by atoms with Gasteiger partial charge in [0.25, 0.3) is 0 Å². The van der Waals surface area contributed by atoms with Crippen molar-refractivity contribution in [1.29, 1.82) is 0 Å². The summed E-state index contributed by atoms with van der Waals surface area (Å²) in [5.74, 6) is -0.989. The maximum Gasteiger partial charge on any atom is 0.340 e. The van der Waals surface area contributed by atoms with Crippen LogP contribution in [0.2, 0.25) is 0 Å². The van der Waals surface area contributed by atoms with Crippen LogP contribution in [-0.4, -0.2) is 26.1 Å². The van der Waals surface area contributed by atoms with Crippen LogP contribution >= 0.6 is 0 Å². The van der Waals surface area contributed by atoms with Gasteiger partial charge in [-0.25, -0.2) is 9.18 Å². The molecule has 0 saturated carbocycles.